The molecular formula is C19H21ClN4O4. The lowest BCUT2D eigenvalue weighted by molar-refractivity contribution is -0.137. The first-order valence-corrected chi connectivity index (χ1v) is 9.23. The van der Waals surface area contributed by atoms with Crippen LogP contribution in [0.5, 0.6) is 0 Å². The number of hydrogen-bond donors (Lipinski definition) is 2. The van der Waals surface area contributed by atoms with Gasteiger partial charge in [-0.2, -0.15) is 0 Å². The Morgan fingerprint density at radius 2 is 1.79 bits per heavy atom. The van der Waals surface area contributed by atoms with Crippen molar-refractivity contribution < 1.29 is 18.8 Å². The summed E-state index contributed by atoms with van der Waals surface area (Å²) in [5, 5.41) is 6.22. The molecule has 0 aliphatic carbocycles. The van der Waals surface area contributed by atoms with Crippen LogP contribution < -0.4 is 10.6 Å². The van der Waals surface area contributed by atoms with Crippen LogP contribution in [0.3, 0.4) is 0 Å². The number of carbonyl (C=O) groups excluding carboxylic acids is 3. The SMILES string of the molecule is CC(=O)N1CCN(C(=O)CNc2ccc(Cl)cc2NC(=O)c2ccco2)CC1. The Morgan fingerprint density at radius 3 is 2.43 bits per heavy atom. The highest BCUT2D eigenvalue weighted by Gasteiger charge is 2.22. The second kappa shape index (κ2) is 8.79. The predicted molar refractivity (Wildman–Crippen MR) is 105 cm³/mol. The van der Waals surface area contributed by atoms with Crippen LogP contribution in [0.15, 0.2) is 41.0 Å². The number of halogens is 1. The summed E-state index contributed by atoms with van der Waals surface area (Å²) < 4.78 is 5.09. The van der Waals surface area contributed by atoms with Crippen LogP contribution in [0.2, 0.25) is 5.02 Å². The Labute approximate surface area is 167 Å². The van der Waals surface area contributed by atoms with E-state index in [0.717, 1.165) is 0 Å². The van der Waals surface area contributed by atoms with Gasteiger partial charge in [-0.15, -0.1) is 0 Å². The van der Waals surface area contributed by atoms with E-state index in [1.54, 1.807) is 40.1 Å². The molecule has 9 heteroatoms. The number of hydrogen-bond acceptors (Lipinski definition) is 5. The van der Waals surface area contributed by atoms with Crippen molar-refractivity contribution in [1.82, 2.24) is 9.80 Å². The number of nitrogens with zero attached hydrogens (tertiary/aromatic N) is 2. The van der Waals surface area contributed by atoms with Crippen LogP contribution in [-0.4, -0.2) is 60.2 Å². The first-order chi connectivity index (χ1) is 13.4. The van der Waals surface area contributed by atoms with E-state index < -0.39 is 5.91 Å². The Morgan fingerprint density at radius 1 is 1.07 bits per heavy atom. The zero-order valence-corrected chi connectivity index (χ0v) is 16.2. The number of amides is 3. The van der Waals surface area contributed by atoms with Crippen LogP contribution in [0, 0.1) is 0 Å². The van der Waals surface area contributed by atoms with E-state index in [-0.39, 0.29) is 24.1 Å². The minimum absolute atomic E-state index is 0.0170. The van der Waals surface area contributed by atoms with E-state index in [0.29, 0.717) is 42.6 Å². The van der Waals surface area contributed by atoms with Crippen molar-refractivity contribution in [3.8, 4) is 0 Å². The second-order valence-corrected chi connectivity index (χ2v) is 6.80. The fourth-order valence-electron chi connectivity index (χ4n) is 2.92. The molecule has 0 saturated carbocycles. The zero-order chi connectivity index (χ0) is 20.1. The first-order valence-electron chi connectivity index (χ1n) is 8.85. The summed E-state index contributed by atoms with van der Waals surface area (Å²) in [4.78, 5) is 39.5. The number of benzene rings is 1. The molecule has 1 aromatic carbocycles. The van der Waals surface area contributed by atoms with E-state index in [1.165, 1.54) is 13.2 Å². The summed E-state index contributed by atoms with van der Waals surface area (Å²) in [5.74, 6) is -0.308. The molecule has 8 nitrogen and oxygen atoms in total. The summed E-state index contributed by atoms with van der Waals surface area (Å²) in [5.41, 5.74) is 1.02. The molecule has 2 heterocycles. The van der Waals surface area contributed by atoms with Crippen LogP contribution in [0.4, 0.5) is 11.4 Å². The van der Waals surface area contributed by atoms with Gasteiger partial charge in [0.05, 0.1) is 24.2 Å². The van der Waals surface area contributed by atoms with Crippen molar-refractivity contribution in [3.63, 3.8) is 0 Å². The third-order valence-corrected chi connectivity index (χ3v) is 4.72. The maximum atomic E-state index is 12.5. The molecule has 0 radical (unpaired) electrons. The number of anilines is 2. The van der Waals surface area contributed by atoms with Crippen LogP contribution in [-0.2, 0) is 9.59 Å². The summed E-state index contributed by atoms with van der Waals surface area (Å²) >= 11 is 6.04. The standard InChI is InChI=1S/C19H21ClN4O4/c1-13(25)23-6-8-24(9-7-23)18(26)12-21-15-5-4-14(20)11-16(15)22-19(27)17-3-2-10-28-17/h2-5,10-11,21H,6-9,12H2,1H3,(H,22,27). The van der Waals surface area contributed by atoms with Gasteiger partial charge < -0.3 is 24.9 Å². The van der Waals surface area contributed by atoms with Crippen LogP contribution in [0.25, 0.3) is 0 Å². The molecule has 28 heavy (non-hydrogen) atoms. The maximum Gasteiger partial charge on any atom is 0.291 e. The van der Waals surface area contributed by atoms with Gasteiger partial charge in [0.25, 0.3) is 5.91 Å². The fraction of sp³-hybridized carbons (Fsp3) is 0.316. The highest BCUT2D eigenvalue weighted by molar-refractivity contribution is 6.31. The highest BCUT2D eigenvalue weighted by Crippen LogP contribution is 2.26. The number of furan rings is 1. The predicted octanol–water partition coefficient (Wildman–Crippen LogP) is 2.29. The molecule has 3 rings (SSSR count). The molecule has 0 atom stereocenters. The fourth-order valence-corrected chi connectivity index (χ4v) is 3.09. The van der Waals surface area contributed by atoms with Crippen LogP contribution in [0.1, 0.15) is 17.5 Å². The Bertz CT molecular complexity index is 861. The molecule has 3 amide bonds. The van der Waals surface area contributed by atoms with Crippen molar-refractivity contribution in [2.45, 2.75) is 6.92 Å². The quantitative estimate of drug-likeness (QED) is 0.797. The number of rotatable bonds is 5. The van der Waals surface area contributed by atoms with Gasteiger partial charge in [0.2, 0.25) is 11.8 Å². The van der Waals surface area contributed by atoms with Crippen molar-refractivity contribution in [1.29, 1.82) is 0 Å². The normalized spacial score (nSPS) is 13.9. The molecule has 0 spiro atoms. The first kappa shape index (κ1) is 19.8. The molecule has 148 valence electrons. The summed E-state index contributed by atoms with van der Waals surface area (Å²) in [6, 6.07) is 8.14. The molecular weight excluding hydrogens is 384 g/mol. The van der Waals surface area contributed by atoms with Crippen molar-refractivity contribution in [2.75, 3.05) is 43.4 Å². The molecule has 1 aliphatic rings. The third-order valence-electron chi connectivity index (χ3n) is 4.48. The highest BCUT2D eigenvalue weighted by atomic mass is 35.5. The van der Waals surface area contributed by atoms with Gasteiger partial charge in [0.15, 0.2) is 5.76 Å². The zero-order valence-electron chi connectivity index (χ0n) is 15.4. The van der Waals surface area contributed by atoms with Gasteiger partial charge in [-0.25, -0.2) is 0 Å². The Hall–Kier alpha value is -3.00. The van der Waals surface area contributed by atoms with E-state index in [2.05, 4.69) is 10.6 Å². The Balaban J connectivity index is 1.60. The van der Waals surface area contributed by atoms with Gasteiger partial charge in [-0.3, -0.25) is 14.4 Å². The lowest BCUT2D eigenvalue weighted by Gasteiger charge is -2.34. The van der Waals surface area contributed by atoms with Gasteiger partial charge in [0, 0.05) is 38.1 Å². The Kier molecular flexibility index (Phi) is 6.20. The van der Waals surface area contributed by atoms with Crippen molar-refractivity contribution >= 4 is 40.7 Å². The van der Waals surface area contributed by atoms with Gasteiger partial charge in [-0.05, 0) is 30.3 Å². The number of carbonyl (C=O) groups is 3. The average molecular weight is 405 g/mol. The molecule has 1 fully saturated rings. The minimum Gasteiger partial charge on any atom is -0.459 e. The molecule has 2 aromatic rings. The van der Waals surface area contributed by atoms with Gasteiger partial charge >= 0.3 is 0 Å². The van der Waals surface area contributed by atoms with Crippen molar-refractivity contribution in [3.05, 3.63) is 47.4 Å². The van der Waals surface area contributed by atoms with E-state index in [9.17, 15) is 14.4 Å². The van der Waals surface area contributed by atoms with Crippen LogP contribution >= 0.6 is 11.6 Å². The second-order valence-electron chi connectivity index (χ2n) is 6.36. The largest absolute Gasteiger partial charge is 0.459 e. The molecule has 2 N–H and O–H groups in total. The van der Waals surface area contributed by atoms with Crippen molar-refractivity contribution in [2.24, 2.45) is 0 Å². The summed E-state index contributed by atoms with van der Waals surface area (Å²) in [7, 11) is 0. The molecule has 1 saturated heterocycles. The molecule has 1 aliphatic heterocycles. The monoisotopic (exact) mass is 404 g/mol. The number of piperazine rings is 1. The topological polar surface area (TPSA) is 94.9 Å². The number of nitrogens with one attached hydrogen (secondary N) is 2. The van der Waals surface area contributed by atoms with Gasteiger partial charge in [-0.1, -0.05) is 11.6 Å². The lowest BCUT2D eigenvalue weighted by atomic mass is 10.2. The molecule has 1 aromatic heterocycles. The smallest absolute Gasteiger partial charge is 0.291 e. The van der Waals surface area contributed by atoms with E-state index >= 15 is 0 Å². The summed E-state index contributed by atoms with van der Waals surface area (Å²) in [6.45, 7) is 3.66. The lowest BCUT2D eigenvalue weighted by Crippen LogP contribution is -2.51. The van der Waals surface area contributed by atoms with Gasteiger partial charge in [0.1, 0.15) is 0 Å². The third kappa shape index (κ3) is 4.83. The summed E-state index contributed by atoms with van der Waals surface area (Å²) in [6.07, 6.45) is 1.41. The van der Waals surface area contributed by atoms with E-state index in [4.69, 9.17) is 16.0 Å². The molecule has 0 bridgehead atoms. The maximum absolute atomic E-state index is 12.5. The minimum atomic E-state index is -0.415. The molecule has 0 unspecified atom stereocenters. The average Bonchev–Trinajstić information content (AvgIpc) is 3.22. The van der Waals surface area contributed by atoms with E-state index in [1.807, 2.05) is 0 Å².